The summed E-state index contributed by atoms with van der Waals surface area (Å²) in [6.45, 7) is 1.19. The lowest BCUT2D eigenvalue weighted by Crippen LogP contribution is -2.50. The number of aromatic hydroxyl groups is 4. The van der Waals surface area contributed by atoms with Crippen molar-refractivity contribution in [3.8, 4) is 28.7 Å². The molecule has 0 aromatic heterocycles. The van der Waals surface area contributed by atoms with Crippen LogP contribution in [0.4, 0.5) is 0 Å². The summed E-state index contributed by atoms with van der Waals surface area (Å²) in [5.41, 5.74) is -1.52. The maximum atomic E-state index is 12.1. The van der Waals surface area contributed by atoms with Crippen molar-refractivity contribution in [3.05, 3.63) is 41.5 Å². The number of Topliss-reactive ketones (excluding diaryl/α,β-unsaturated/α-hetero) is 1. The van der Waals surface area contributed by atoms with Crippen molar-refractivity contribution in [3.63, 3.8) is 0 Å². The van der Waals surface area contributed by atoms with Crippen LogP contribution in [0.5, 0.6) is 28.7 Å². The van der Waals surface area contributed by atoms with Gasteiger partial charge in [-0.2, -0.15) is 0 Å². The highest BCUT2D eigenvalue weighted by Crippen LogP contribution is 2.47. The van der Waals surface area contributed by atoms with E-state index in [0.717, 1.165) is 6.07 Å². The van der Waals surface area contributed by atoms with Crippen LogP contribution in [-0.4, -0.2) is 36.9 Å². The molecule has 1 heterocycles. The summed E-state index contributed by atoms with van der Waals surface area (Å²) in [5.74, 6) is -1.76. The van der Waals surface area contributed by atoms with Gasteiger partial charge in [-0.3, -0.25) is 4.79 Å². The van der Waals surface area contributed by atoms with E-state index in [0.29, 0.717) is 0 Å². The number of rotatable bonds is 2. The Labute approximate surface area is 137 Å². The van der Waals surface area contributed by atoms with Crippen LogP contribution < -0.4 is 4.74 Å². The molecule has 0 aliphatic carbocycles. The smallest absolute Gasteiger partial charge is 0.167 e. The Morgan fingerprint density at radius 3 is 2.42 bits per heavy atom. The summed E-state index contributed by atoms with van der Waals surface area (Å²) in [7, 11) is 0. The molecule has 24 heavy (non-hydrogen) atoms. The predicted molar refractivity (Wildman–Crippen MR) is 82.2 cm³/mol. The number of hydrogen-bond donors (Lipinski definition) is 5. The number of phenolic OH excluding ortho intramolecular Hbond substituents is 4. The van der Waals surface area contributed by atoms with E-state index in [4.69, 9.17) is 4.74 Å². The fraction of sp³-hybridized carbons (Fsp3) is 0.235. The second kappa shape index (κ2) is 5.31. The van der Waals surface area contributed by atoms with Gasteiger partial charge in [0.2, 0.25) is 0 Å². The average molecular weight is 332 g/mol. The van der Waals surface area contributed by atoms with E-state index in [2.05, 4.69) is 0 Å². The van der Waals surface area contributed by atoms with Gasteiger partial charge in [0.1, 0.15) is 17.2 Å². The molecule has 0 unspecified atom stereocenters. The molecule has 7 heteroatoms. The Hall–Kier alpha value is -2.93. The van der Waals surface area contributed by atoms with E-state index in [1.807, 2.05) is 0 Å². The molecule has 2 atom stereocenters. The first kappa shape index (κ1) is 15.9. The maximum absolute atomic E-state index is 12.1. The van der Waals surface area contributed by atoms with Crippen LogP contribution in [0.1, 0.15) is 24.2 Å². The van der Waals surface area contributed by atoms with Gasteiger partial charge >= 0.3 is 0 Å². The molecule has 0 amide bonds. The Morgan fingerprint density at radius 1 is 1.08 bits per heavy atom. The number of benzene rings is 2. The number of ether oxygens (including phenoxy) is 1. The van der Waals surface area contributed by atoms with Gasteiger partial charge in [0.25, 0.3) is 0 Å². The minimum Gasteiger partial charge on any atom is -0.508 e. The van der Waals surface area contributed by atoms with Crippen LogP contribution in [-0.2, 0) is 11.2 Å². The van der Waals surface area contributed by atoms with Crippen LogP contribution in [0.15, 0.2) is 30.3 Å². The van der Waals surface area contributed by atoms with E-state index in [1.54, 1.807) is 0 Å². The lowest BCUT2D eigenvalue weighted by atomic mass is 9.79. The molecule has 0 radical (unpaired) electrons. The first-order chi connectivity index (χ1) is 11.2. The lowest BCUT2D eigenvalue weighted by molar-refractivity contribution is -0.149. The highest BCUT2D eigenvalue weighted by Gasteiger charge is 2.49. The fourth-order valence-electron chi connectivity index (χ4n) is 2.84. The van der Waals surface area contributed by atoms with Crippen LogP contribution in [0.2, 0.25) is 0 Å². The van der Waals surface area contributed by atoms with Crippen LogP contribution in [0, 0.1) is 0 Å². The van der Waals surface area contributed by atoms with Crippen molar-refractivity contribution < 1.29 is 35.1 Å². The number of fused-ring (bicyclic) bond motifs is 1. The highest BCUT2D eigenvalue weighted by atomic mass is 16.5. The first-order valence-corrected chi connectivity index (χ1v) is 7.19. The average Bonchev–Trinajstić information content (AvgIpc) is 2.50. The number of hydrogen-bond acceptors (Lipinski definition) is 7. The molecule has 0 spiro atoms. The predicted octanol–water partition coefficient (Wildman–Crippen LogP) is 1.51. The van der Waals surface area contributed by atoms with Crippen molar-refractivity contribution in [2.75, 3.05) is 0 Å². The van der Waals surface area contributed by atoms with Gasteiger partial charge < -0.3 is 30.3 Å². The third kappa shape index (κ3) is 2.39. The molecule has 126 valence electrons. The largest absolute Gasteiger partial charge is 0.508 e. The number of carbonyl (C=O) groups is 1. The molecule has 1 aliphatic rings. The van der Waals surface area contributed by atoms with Crippen molar-refractivity contribution >= 4 is 5.78 Å². The van der Waals surface area contributed by atoms with Gasteiger partial charge in [0, 0.05) is 24.1 Å². The van der Waals surface area contributed by atoms with E-state index >= 15 is 0 Å². The second-order valence-corrected chi connectivity index (χ2v) is 5.84. The standard InChI is InChI=1S/C17H16O7/c1-8(18)17(23)7-11-13(21)5-10(19)6-15(11)24-16(17)9-2-3-12(20)14(22)4-9/h2-6,16,19-23H,7H2,1H3/t16-,17-/m1/s1. The molecule has 0 saturated carbocycles. The summed E-state index contributed by atoms with van der Waals surface area (Å²) >= 11 is 0. The molecule has 7 nitrogen and oxygen atoms in total. The monoisotopic (exact) mass is 332 g/mol. The van der Waals surface area contributed by atoms with Gasteiger partial charge in [-0.25, -0.2) is 0 Å². The summed E-state index contributed by atoms with van der Waals surface area (Å²) < 4.78 is 5.67. The van der Waals surface area contributed by atoms with Gasteiger partial charge in [-0.05, 0) is 24.6 Å². The topological polar surface area (TPSA) is 127 Å². The molecule has 0 saturated heterocycles. The van der Waals surface area contributed by atoms with Crippen molar-refractivity contribution in [2.45, 2.75) is 25.0 Å². The second-order valence-electron chi connectivity index (χ2n) is 5.84. The quantitative estimate of drug-likeness (QED) is 0.527. The van der Waals surface area contributed by atoms with Crippen molar-refractivity contribution in [1.29, 1.82) is 0 Å². The molecule has 2 aromatic carbocycles. The van der Waals surface area contributed by atoms with Crippen molar-refractivity contribution in [2.24, 2.45) is 0 Å². The summed E-state index contributed by atoms with van der Waals surface area (Å²) in [4.78, 5) is 12.1. The molecule has 1 aliphatic heterocycles. The Balaban J connectivity index is 2.15. The third-order valence-electron chi connectivity index (χ3n) is 4.21. The van der Waals surface area contributed by atoms with E-state index in [9.17, 15) is 30.3 Å². The molecule has 2 aromatic rings. The van der Waals surface area contributed by atoms with Gasteiger partial charge in [-0.1, -0.05) is 6.07 Å². The Bertz CT molecular complexity index is 830. The molecule has 0 bridgehead atoms. The number of aliphatic hydroxyl groups is 1. The summed E-state index contributed by atoms with van der Waals surface area (Å²) in [5, 5.41) is 49.5. The Morgan fingerprint density at radius 2 is 1.79 bits per heavy atom. The number of carbonyl (C=O) groups excluding carboxylic acids is 1. The van der Waals surface area contributed by atoms with Gasteiger partial charge in [-0.15, -0.1) is 0 Å². The zero-order valence-electron chi connectivity index (χ0n) is 12.7. The normalized spacial score (nSPS) is 22.5. The molecule has 0 fully saturated rings. The lowest BCUT2D eigenvalue weighted by Gasteiger charge is -2.39. The van der Waals surface area contributed by atoms with E-state index in [-0.39, 0.29) is 40.5 Å². The molecule has 3 rings (SSSR count). The fourth-order valence-corrected chi connectivity index (χ4v) is 2.84. The zero-order chi connectivity index (χ0) is 17.6. The molecular formula is C17H16O7. The molecule has 5 N–H and O–H groups in total. The van der Waals surface area contributed by atoms with Crippen LogP contribution >= 0.6 is 0 Å². The number of ketones is 1. The molecular weight excluding hydrogens is 316 g/mol. The first-order valence-electron chi connectivity index (χ1n) is 7.19. The third-order valence-corrected chi connectivity index (χ3v) is 4.21. The number of phenols is 4. The van der Waals surface area contributed by atoms with Crippen LogP contribution in [0.3, 0.4) is 0 Å². The SMILES string of the molecule is CC(=O)[C@]1(O)Cc2c(O)cc(O)cc2O[C@@H]1c1ccc(O)c(O)c1. The zero-order valence-corrected chi connectivity index (χ0v) is 12.7. The summed E-state index contributed by atoms with van der Waals surface area (Å²) in [6, 6.07) is 6.16. The van der Waals surface area contributed by atoms with Crippen molar-refractivity contribution in [1.82, 2.24) is 0 Å². The summed E-state index contributed by atoms with van der Waals surface area (Å²) in [6.07, 6.45) is -1.41. The minimum atomic E-state index is -1.98. The highest BCUT2D eigenvalue weighted by molar-refractivity contribution is 5.87. The van der Waals surface area contributed by atoms with Gasteiger partial charge in [0.15, 0.2) is 29.0 Å². The minimum absolute atomic E-state index is 0.121. The van der Waals surface area contributed by atoms with E-state index in [1.165, 1.54) is 31.2 Å². The Kier molecular flexibility index (Phi) is 3.53. The maximum Gasteiger partial charge on any atom is 0.167 e. The van der Waals surface area contributed by atoms with E-state index < -0.39 is 23.2 Å². The van der Waals surface area contributed by atoms with Crippen LogP contribution in [0.25, 0.3) is 0 Å². The van der Waals surface area contributed by atoms with Gasteiger partial charge in [0.05, 0.1) is 0 Å².